The highest BCUT2D eigenvalue weighted by Crippen LogP contribution is 2.30. The molecule has 0 aliphatic carbocycles. The molecule has 1 aliphatic heterocycles. The third-order valence-electron chi connectivity index (χ3n) is 4.71. The van der Waals surface area contributed by atoms with Gasteiger partial charge in [0.15, 0.2) is 0 Å². The Labute approximate surface area is 145 Å². The first-order valence-corrected chi connectivity index (χ1v) is 8.69. The van der Waals surface area contributed by atoms with Crippen LogP contribution in [0.25, 0.3) is 10.9 Å². The van der Waals surface area contributed by atoms with Crippen LogP contribution in [0.15, 0.2) is 34.7 Å². The van der Waals surface area contributed by atoms with Gasteiger partial charge in [0.05, 0.1) is 0 Å². The molecule has 4 rings (SSSR count). The van der Waals surface area contributed by atoms with Crippen LogP contribution >= 0.6 is 0 Å². The van der Waals surface area contributed by atoms with E-state index < -0.39 is 0 Å². The van der Waals surface area contributed by atoms with Crippen LogP contribution in [0.5, 0.6) is 0 Å². The SMILES string of the molecule is CCNc1nnc(C(=O)N2CCC(c3cc4ccccc4[nH]3)CC2)o1. The number of anilines is 1. The summed E-state index contributed by atoms with van der Waals surface area (Å²) < 4.78 is 5.36. The minimum absolute atomic E-state index is 0.0556. The Balaban J connectivity index is 1.41. The first kappa shape index (κ1) is 15.7. The Bertz CT molecular complexity index is 843. The molecule has 25 heavy (non-hydrogen) atoms. The standard InChI is InChI=1S/C18H21N5O2/c1-2-19-18-22-21-16(25-18)17(24)23-9-7-12(8-10-23)15-11-13-5-3-4-6-14(13)20-15/h3-6,11-12,20H,2,7-10H2,1H3,(H,19,22). The maximum atomic E-state index is 12.5. The molecule has 7 heteroatoms. The van der Waals surface area contributed by atoms with Crippen LogP contribution in [-0.2, 0) is 0 Å². The van der Waals surface area contributed by atoms with E-state index in [-0.39, 0.29) is 11.8 Å². The van der Waals surface area contributed by atoms with Gasteiger partial charge in [0.1, 0.15) is 0 Å². The highest BCUT2D eigenvalue weighted by Gasteiger charge is 2.28. The van der Waals surface area contributed by atoms with Crippen molar-refractivity contribution in [3.05, 3.63) is 41.9 Å². The van der Waals surface area contributed by atoms with Crippen LogP contribution in [0, 0.1) is 0 Å². The van der Waals surface area contributed by atoms with Crippen LogP contribution in [-0.4, -0.2) is 45.6 Å². The van der Waals surface area contributed by atoms with E-state index in [1.165, 1.54) is 11.1 Å². The largest absolute Gasteiger partial charge is 0.399 e. The van der Waals surface area contributed by atoms with Crippen molar-refractivity contribution in [2.75, 3.05) is 25.0 Å². The molecule has 2 aromatic heterocycles. The summed E-state index contributed by atoms with van der Waals surface area (Å²) in [6, 6.07) is 10.8. The predicted molar refractivity (Wildman–Crippen MR) is 94.6 cm³/mol. The van der Waals surface area contributed by atoms with Crippen LogP contribution in [0.4, 0.5) is 6.01 Å². The predicted octanol–water partition coefficient (Wildman–Crippen LogP) is 3.00. The molecule has 1 aliphatic rings. The molecule has 0 unspecified atom stereocenters. The lowest BCUT2D eigenvalue weighted by molar-refractivity contribution is 0.0672. The molecule has 130 valence electrons. The van der Waals surface area contributed by atoms with Crippen molar-refractivity contribution >= 4 is 22.8 Å². The van der Waals surface area contributed by atoms with E-state index in [4.69, 9.17) is 4.42 Å². The van der Waals surface area contributed by atoms with Crippen LogP contribution in [0.3, 0.4) is 0 Å². The molecule has 0 atom stereocenters. The van der Waals surface area contributed by atoms with Crippen LogP contribution in [0.1, 0.15) is 42.1 Å². The first-order chi connectivity index (χ1) is 12.2. The van der Waals surface area contributed by atoms with Crippen molar-refractivity contribution < 1.29 is 9.21 Å². The number of fused-ring (bicyclic) bond motifs is 1. The van der Waals surface area contributed by atoms with Gasteiger partial charge in [0.2, 0.25) is 0 Å². The molecule has 0 saturated carbocycles. The number of carbonyl (C=O) groups excluding carboxylic acids is 1. The smallest absolute Gasteiger partial charge is 0.315 e. The zero-order valence-corrected chi connectivity index (χ0v) is 14.2. The third-order valence-corrected chi connectivity index (χ3v) is 4.71. The van der Waals surface area contributed by atoms with E-state index in [0.29, 0.717) is 31.6 Å². The molecule has 3 heterocycles. The van der Waals surface area contributed by atoms with Crippen molar-refractivity contribution in [3.63, 3.8) is 0 Å². The minimum Gasteiger partial charge on any atom is -0.399 e. The summed E-state index contributed by atoms with van der Waals surface area (Å²) >= 11 is 0. The fourth-order valence-corrected chi connectivity index (χ4v) is 3.38. The number of hydrogen-bond donors (Lipinski definition) is 2. The fraction of sp³-hybridized carbons (Fsp3) is 0.389. The van der Waals surface area contributed by atoms with Gasteiger partial charge in [-0.05, 0) is 37.3 Å². The van der Waals surface area contributed by atoms with Gasteiger partial charge in [-0.15, -0.1) is 5.10 Å². The Morgan fingerprint density at radius 1 is 1.32 bits per heavy atom. The summed E-state index contributed by atoms with van der Waals surface area (Å²) in [7, 11) is 0. The van der Waals surface area contributed by atoms with E-state index in [0.717, 1.165) is 18.4 Å². The van der Waals surface area contributed by atoms with E-state index in [2.05, 4.69) is 38.7 Å². The lowest BCUT2D eigenvalue weighted by Crippen LogP contribution is -2.38. The maximum Gasteiger partial charge on any atom is 0.315 e. The number of rotatable bonds is 4. The molecule has 1 aromatic carbocycles. The summed E-state index contributed by atoms with van der Waals surface area (Å²) in [6.07, 6.45) is 1.85. The fourth-order valence-electron chi connectivity index (χ4n) is 3.38. The molecule has 1 saturated heterocycles. The Morgan fingerprint density at radius 2 is 2.12 bits per heavy atom. The van der Waals surface area contributed by atoms with Gasteiger partial charge in [-0.25, -0.2) is 0 Å². The van der Waals surface area contributed by atoms with Crippen LogP contribution in [0.2, 0.25) is 0 Å². The van der Waals surface area contributed by atoms with Crippen molar-refractivity contribution in [2.45, 2.75) is 25.7 Å². The summed E-state index contributed by atoms with van der Waals surface area (Å²) in [6.45, 7) is 3.99. The van der Waals surface area contributed by atoms with Crippen molar-refractivity contribution in [3.8, 4) is 0 Å². The minimum atomic E-state index is -0.188. The number of carbonyl (C=O) groups is 1. The number of H-pyrrole nitrogens is 1. The van der Waals surface area contributed by atoms with Gasteiger partial charge < -0.3 is 19.6 Å². The number of amides is 1. The zero-order valence-electron chi connectivity index (χ0n) is 14.2. The Morgan fingerprint density at radius 3 is 2.88 bits per heavy atom. The maximum absolute atomic E-state index is 12.5. The zero-order chi connectivity index (χ0) is 17.2. The molecular weight excluding hydrogens is 318 g/mol. The molecule has 0 bridgehead atoms. The lowest BCUT2D eigenvalue weighted by Gasteiger charge is -2.30. The second-order valence-corrected chi connectivity index (χ2v) is 6.32. The van der Waals surface area contributed by atoms with E-state index in [1.54, 1.807) is 4.90 Å². The van der Waals surface area contributed by atoms with Crippen LogP contribution < -0.4 is 5.32 Å². The molecule has 0 spiro atoms. The number of piperidine rings is 1. The number of hydrogen-bond acceptors (Lipinski definition) is 5. The lowest BCUT2D eigenvalue weighted by atomic mass is 9.93. The number of nitrogens with one attached hydrogen (secondary N) is 2. The number of nitrogens with zero attached hydrogens (tertiary/aromatic N) is 3. The Kier molecular flexibility index (Phi) is 4.13. The molecular formula is C18H21N5O2. The van der Waals surface area contributed by atoms with Crippen molar-refractivity contribution in [1.82, 2.24) is 20.1 Å². The van der Waals surface area contributed by atoms with Gasteiger partial charge in [-0.2, -0.15) is 0 Å². The average molecular weight is 339 g/mol. The molecule has 2 N–H and O–H groups in total. The summed E-state index contributed by atoms with van der Waals surface area (Å²) in [4.78, 5) is 17.8. The molecule has 7 nitrogen and oxygen atoms in total. The molecule has 0 radical (unpaired) electrons. The number of aromatic nitrogens is 3. The highest BCUT2D eigenvalue weighted by molar-refractivity contribution is 5.89. The number of para-hydroxylation sites is 1. The number of benzene rings is 1. The van der Waals surface area contributed by atoms with Gasteiger partial charge in [0, 0.05) is 36.8 Å². The molecule has 1 amide bonds. The molecule has 1 fully saturated rings. The number of likely N-dealkylation sites (tertiary alicyclic amines) is 1. The molecule has 3 aromatic rings. The van der Waals surface area contributed by atoms with E-state index in [1.807, 2.05) is 19.1 Å². The summed E-state index contributed by atoms with van der Waals surface area (Å²) in [5.41, 5.74) is 2.42. The first-order valence-electron chi connectivity index (χ1n) is 8.69. The van der Waals surface area contributed by atoms with Gasteiger partial charge in [-0.1, -0.05) is 23.3 Å². The quantitative estimate of drug-likeness (QED) is 0.763. The normalized spacial score (nSPS) is 15.6. The van der Waals surface area contributed by atoms with Crippen molar-refractivity contribution in [2.24, 2.45) is 0 Å². The second kappa shape index (κ2) is 6.58. The van der Waals surface area contributed by atoms with Gasteiger partial charge >= 0.3 is 17.8 Å². The van der Waals surface area contributed by atoms with Crippen molar-refractivity contribution in [1.29, 1.82) is 0 Å². The van der Waals surface area contributed by atoms with E-state index in [9.17, 15) is 4.79 Å². The summed E-state index contributed by atoms with van der Waals surface area (Å²) in [5.74, 6) is 0.309. The van der Waals surface area contributed by atoms with Gasteiger partial charge in [0.25, 0.3) is 0 Å². The average Bonchev–Trinajstić information content (AvgIpc) is 3.28. The Hall–Kier alpha value is -2.83. The highest BCUT2D eigenvalue weighted by atomic mass is 16.4. The summed E-state index contributed by atoms with van der Waals surface area (Å²) in [5, 5.41) is 11.8. The third kappa shape index (κ3) is 3.09. The number of aromatic amines is 1. The second-order valence-electron chi connectivity index (χ2n) is 6.32. The topological polar surface area (TPSA) is 87.0 Å². The monoisotopic (exact) mass is 339 g/mol. The van der Waals surface area contributed by atoms with E-state index >= 15 is 0 Å². The van der Waals surface area contributed by atoms with Gasteiger partial charge in [-0.3, -0.25) is 4.79 Å².